The van der Waals surface area contributed by atoms with E-state index in [1.165, 1.54) is 7.11 Å². The molecule has 0 saturated heterocycles. The standard InChI is InChI=1S/C13H16O5S/c1-17-13(14)9-6-10-11(18-19(2,15)16)5-7-3-4-8(9)12(7)10/h3-4,6-8,10-12H,5H2,1-2H3/t7-,8-,10-,11+,12-/m1/s1. The van der Waals surface area contributed by atoms with Gasteiger partial charge in [0.25, 0.3) is 10.1 Å². The molecule has 1 fully saturated rings. The molecule has 3 aliphatic carbocycles. The minimum atomic E-state index is -3.48. The van der Waals surface area contributed by atoms with E-state index in [1.54, 1.807) is 0 Å². The second-order valence-electron chi connectivity index (χ2n) is 5.42. The molecule has 0 aromatic rings. The van der Waals surface area contributed by atoms with Crippen LogP contribution in [0.3, 0.4) is 0 Å². The van der Waals surface area contributed by atoms with Crippen molar-refractivity contribution in [2.75, 3.05) is 13.4 Å². The molecule has 5 nitrogen and oxygen atoms in total. The first-order valence-electron chi connectivity index (χ1n) is 6.27. The Hall–Kier alpha value is -1.14. The van der Waals surface area contributed by atoms with E-state index in [9.17, 15) is 13.2 Å². The first-order chi connectivity index (χ1) is 8.90. The third kappa shape index (κ3) is 2.03. The van der Waals surface area contributed by atoms with Gasteiger partial charge in [-0.05, 0) is 18.3 Å². The van der Waals surface area contributed by atoms with Crippen LogP contribution in [0, 0.1) is 23.7 Å². The summed E-state index contributed by atoms with van der Waals surface area (Å²) < 4.78 is 32.6. The number of methoxy groups -OCH3 is 1. The van der Waals surface area contributed by atoms with E-state index in [0.29, 0.717) is 17.9 Å². The van der Waals surface area contributed by atoms with Gasteiger partial charge in [0, 0.05) is 17.4 Å². The molecule has 3 rings (SSSR count). The van der Waals surface area contributed by atoms with Gasteiger partial charge in [0.05, 0.1) is 19.5 Å². The van der Waals surface area contributed by atoms with E-state index in [4.69, 9.17) is 8.92 Å². The highest BCUT2D eigenvalue weighted by molar-refractivity contribution is 7.86. The lowest BCUT2D eigenvalue weighted by atomic mass is 9.88. The quantitative estimate of drug-likeness (QED) is 0.437. The van der Waals surface area contributed by atoms with Gasteiger partial charge in [-0.2, -0.15) is 8.42 Å². The number of allylic oxidation sites excluding steroid dienone is 2. The molecule has 0 unspecified atom stereocenters. The molecule has 0 amide bonds. The van der Waals surface area contributed by atoms with Gasteiger partial charge in [0.15, 0.2) is 0 Å². The average molecular weight is 284 g/mol. The molecule has 0 bridgehead atoms. The van der Waals surface area contributed by atoms with Gasteiger partial charge < -0.3 is 4.74 Å². The lowest BCUT2D eigenvalue weighted by molar-refractivity contribution is -0.136. The molecule has 0 aromatic carbocycles. The van der Waals surface area contributed by atoms with E-state index in [0.717, 1.165) is 6.26 Å². The van der Waals surface area contributed by atoms with Crippen LogP contribution < -0.4 is 0 Å². The third-order valence-corrected chi connectivity index (χ3v) is 4.90. The van der Waals surface area contributed by atoms with Crippen molar-refractivity contribution in [1.29, 1.82) is 0 Å². The number of hydrogen-bond acceptors (Lipinski definition) is 5. The van der Waals surface area contributed by atoms with Crippen molar-refractivity contribution >= 4 is 16.1 Å². The summed E-state index contributed by atoms with van der Waals surface area (Å²) in [7, 11) is -2.12. The Morgan fingerprint density at radius 3 is 2.74 bits per heavy atom. The SMILES string of the molecule is COC(=O)C1=C[C@H]2[C@@H]3[C@H](C=C[C@H]13)C[C@@H]2OS(C)(=O)=O. The minimum absolute atomic E-state index is 0.0196. The van der Waals surface area contributed by atoms with Crippen molar-refractivity contribution in [3.8, 4) is 0 Å². The normalized spacial score (nSPS) is 39.3. The predicted molar refractivity (Wildman–Crippen MR) is 67.5 cm³/mol. The summed E-state index contributed by atoms with van der Waals surface area (Å²) in [5.74, 6) is 0.244. The van der Waals surface area contributed by atoms with E-state index in [-0.39, 0.29) is 29.8 Å². The summed E-state index contributed by atoms with van der Waals surface area (Å²) in [5.41, 5.74) is 0.637. The third-order valence-electron chi connectivity index (χ3n) is 4.30. The monoisotopic (exact) mass is 284 g/mol. The molecule has 0 aliphatic heterocycles. The lowest BCUT2D eigenvalue weighted by Gasteiger charge is -2.18. The first kappa shape index (κ1) is 12.9. The van der Waals surface area contributed by atoms with Crippen LogP contribution in [-0.4, -0.2) is 33.9 Å². The van der Waals surface area contributed by atoms with Crippen molar-refractivity contribution in [2.45, 2.75) is 12.5 Å². The van der Waals surface area contributed by atoms with E-state index < -0.39 is 10.1 Å². The lowest BCUT2D eigenvalue weighted by Crippen LogP contribution is -2.22. The highest BCUT2D eigenvalue weighted by atomic mass is 32.2. The summed E-state index contributed by atoms with van der Waals surface area (Å²) in [6.07, 6.45) is 7.35. The Bertz CT molecular complexity index is 574. The number of rotatable bonds is 3. The number of hydrogen-bond donors (Lipinski definition) is 0. The zero-order valence-corrected chi connectivity index (χ0v) is 11.6. The molecule has 6 heteroatoms. The molecular weight excluding hydrogens is 268 g/mol. The Morgan fingerprint density at radius 2 is 2.11 bits per heavy atom. The molecule has 5 atom stereocenters. The molecule has 0 N–H and O–H groups in total. The highest BCUT2D eigenvalue weighted by Gasteiger charge is 2.54. The number of ether oxygens (including phenoxy) is 1. The number of carbonyl (C=O) groups is 1. The summed E-state index contributed by atoms with van der Waals surface area (Å²) >= 11 is 0. The van der Waals surface area contributed by atoms with Crippen molar-refractivity contribution in [2.24, 2.45) is 23.7 Å². The number of esters is 1. The van der Waals surface area contributed by atoms with Crippen molar-refractivity contribution in [3.63, 3.8) is 0 Å². The Kier molecular flexibility index (Phi) is 2.83. The highest BCUT2D eigenvalue weighted by Crippen LogP contribution is 2.55. The smallest absolute Gasteiger partial charge is 0.334 e. The van der Waals surface area contributed by atoms with Crippen LogP contribution in [-0.2, 0) is 23.8 Å². The zero-order chi connectivity index (χ0) is 13.8. The fourth-order valence-electron chi connectivity index (χ4n) is 3.72. The van der Waals surface area contributed by atoms with Gasteiger partial charge in [0.1, 0.15) is 0 Å². The second-order valence-corrected chi connectivity index (χ2v) is 7.02. The first-order valence-corrected chi connectivity index (χ1v) is 8.09. The van der Waals surface area contributed by atoms with Gasteiger partial charge >= 0.3 is 5.97 Å². The van der Waals surface area contributed by atoms with E-state index in [2.05, 4.69) is 6.08 Å². The second kappa shape index (κ2) is 4.18. The summed E-state index contributed by atoms with van der Waals surface area (Å²) in [5, 5.41) is 0. The average Bonchev–Trinajstić information content (AvgIpc) is 2.93. The molecule has 0 spiro atoms. The summed E-state index contributed by atoms with van der Waals surface area (Å²) in [4.78, 5) is 11.7. The van der Waals surface area contributed by atoms with Crippen LogP contribution in [0.2, 0.25) is 0 Å². The molecule has 0 heterocycles. The molecular formula is C13H16O5S. The van der Waals surface area contributed by atoms with Gasteiger partial charge in [-0.3, -0.25) is 4.18 Å². The maximum atomic E-state index is 11.7. The summed E-state index contributed by atoms with van der Waals surface area (Å²) in [6.45, 7) is 0. The van der Waals surface area contributed by atoms with Crippen molar-refractivity contribution < 1.29 is 22.1 Å². The van der Waals surface area contributed by atoms with Crippen LogP contribution in [0.15, 0.2) is 23.8 Å². The van der Waals surface area contributed by atoms with E-state index in [1.807, 2.05) is 12.2 Å². The minimum Gasteiger partial charge on any atom is -0.466 e. The molecule has 19 heavy (non-hydrogen) atoms. The predicted octanol–water partition coefficient (Wildman–Crippen LogP) is 0.882. The van der Waals surface area contributed by atoms with Gasteiger partial charge in [-0.15, -0.1) is 0 Å². The number of carbonyl (C=O) groups excluding carboxylic acids is 1. The summed E-state index contributed by atoms with van der Waals surface area (Å²) in [6, 6.07) is 0. The largest absolute Gasteiger partial charge is 0.466 e. The van der Waals surface area contributed by atoms with Crippen LogP contribution in [0.25, 0.3) is 0 Å². The van der Waals surface area contributed by atoms with Crippen LogP contribution in [0.4, 0.5) is 0 Å². The van der Waals surface area contributed by atoms with Crippen LogP contribution in [0.1, 0.15) is 6.42 Å². The van der Waals surface area contributed by atoms with Gasteiger partial charge in [0.2, 0.25) is 0 Å². The van der Waals surface area contributed by atoms with Gasteiger partial charge in [-0.25, -0.2) is 4.79 Å². The Balaban J connectivity index is 1.90. The van der Waals surface area contributed by atoms with Crippen LogP contribution >= 0.6 is 0 Å². The fourth-order valence-corrected chi connectivity index (χ4v) is 4.37. The maximum Gasteiger partial charge on any atom is 0.334 e. The van der Waals surface area contributed by atoms with E-state index >= 15 is 0 Å². The zero-order valence-electron chi connectivity index (χ0n) is 10.8. The molecule has 104 valence electrons. The van der Waals surface area contributed by atoms with Crippen molar-refractivity contribution in [1.82, 2.24) is 0 Å². The topological polar surface area (TPSA) is 69.7 Å². The van der Waals surface area contributed by atoms with Crippen molar-refractivity contribution in [3.05, 3.63) is 23.8 Å². The maximum absolute atomic E-state index is 11.7. The van der Waals surface area contributed by atoms with Gasteiger partial charge in [-0.1, -0.05) is 18.2 Å². The molecule has 0 aromatic heterocycles. The molecule has 3 aliphatic rings. The Morgan fingerprint density at radius 1 is 1.37 bits per heavy atom. The van der Waals surface area contributed by atoms with Crippen LogP contribution in [0.5, 0.6) is 0 Å². The Labute approximate surface area is 112 Å². The molecule has 0 radical (unpaired) electrons. The molecule has 1 saturated carbocycles. The fraction of sp³-hybridized carbons (Fsp3) is 0.615.